The minimum absolute atomic E-state index is 0.0201. The van der Waals surface area contributed by atoms with Gasteiger partial charge in [-0.1, -0.05) is 0 Å². The average Bonchev–Trinajstić information content (AvgIpc) is 3.26. The van der Waals surface area contributed by atoms with Crippen molar-refractivity contribution in [3.05, 3.63) is 24.0 Å². The van der Waals surface area contributed by atoms with Crippen LogP contribution in [-0.4, -0.2) is 22.6 Å². The van der Waals surface area contributed by atoms with Gasteiger partial charge < -0.3 is 15.6 Å². The molecule has 2 saturated carbocycles. The fourth-order valence-corrected chi connectivity index (χ4v) is 2.62. The number of carbonyl (C=O) groups is 1. The van der Waals surface area contributed by atoms with Crippen molar-refractivity contribution in [2.75, 3.05) is 6.54 Å². The quantitative estimate of drug-likeness (QED) is 0.831. The molecule has 0 aliphatic heterocycles. The van der Waals surface area contributed by atoms with Crippen LogP contribution in [0.1, 0.15) is 49.1 Å². The summed E-state index contributed by atoms with van der Waals surface area (Å²) in [6, 6.07) is 4.38. The number of nitrogens with one attached hydrogen (secondary N) is 1. The second kappa shape index (κ2) is 4.12. The molecule has 1 aromatic rings. The van der Waals surface area contributed by atoms with E-state index in [1.807, 2.05) is 18.3 Å². The molecule has 1 unspecified atom stereocenters. The Bertz CT molecular complexity index is 459. The molecule has 4 nitrogen and oxygen atoms in total. The lowest BCUT2D eigenvalue weighted by atomic mass is 9.96. The van der Waals surface area contributed by atoms with Crippen LogP contribution in [0, 0.1) is 5.92 Å². The Morgan fingerprint density at radius 3 is 2.78 bits per heavy atom. The first-order valence-electron chi connectivity index (χ1n) is 6.83. The molecular formula is C14H21N3O. The molecule has 0 spiro atoms. The summed E-state index contributed by atoms with van der Waals surface area (Å²) in [6.45, 7) is 2.57. The monoisotopic (exact) mass is 247 g/mol. The highest BCUT2D eigenvalue weighted by atomic mass is 16.2. The van der Waals surface area contributed by atoms with E-state index in [0.717, 1.165) is 5.69 Å². The zero-order valence-electron chi connectivity index (χ0n) is 10.9. The first-order valence-corrected chi connectivity index (χ1v) is 6.83. The molecule has 2 aliphatic carbocycles. The fraction of sp³-hybridized carbons (Fsp3) is 0.643. The lowest BCUT2D eigenvalue weighted by molar-refractivity contribution is 0.0888. The average molecular weight is 247 g/mol. The molecule has 0 bridgehead atoms. The van der Waals surface area contributed by atoms with E-state index in [1.54, 1.807) is 0 Å². The lowest BCUT2D eigenvalue weighted by Crippen LogP contribution is -2.53. The highest BCUT2D eigenvalue weighted by Crippen LogP contribution is 2.39. The molecule has 3 N–H and O–H groups in total. The second-order valence-electron chi connectivity index (χ2n) is 5.88. The number of rotatable bonds is 5. The van der Waals surface area contributed by atoms with Crippen LogP contribution in [0.4, 0.5) is 0 Å². The summed E-state index contributed by atoms with van der Waals surface area (Å²) < 4.78 is 2.10. The van der Waals surface area contributed by atoms with Crippen molar-refractivity contribution in [1.82, 2.24) is 9.88 Å². The van der Waals surface area contributed by atoms with E-state index in [1.165, 1.54) is 25.7 Å². The van der Waals surface area contributed by atoms with Gasteiger partial charge in [0.25, 0.3) is 5.91 Å². The van der Waals surface area contributed by atoms with Crippen molar-refractivity contribution in [2.45, 2.75) is 44.2 Å². The third kappa shape index (κ3) is 2.05. The third-order valence-corrected chi connectivity index (χ3v) is 4.25. The van der Waals surface area contributed by atoms with Gasteiger partial charge in [-0.3, -0.25) is 4.79 Å². The molecule has 1 atom stereocenters. The van der Waals surface area contributed by atoms with Crippen LogP contribution in [0.2, 0.25) is 0 Å². The van der Waals surface area contributed by atoms with Crippen LogP contribution in [-0.2, 0) is 0 Å². The van der Waals surface area contributed by atoms with Crippen molar-refractivity contribution in [3.63, 3.8) is 0 Å². The normalized spacial score (nSPS) is 22.6. The Kier molecular flexibility index (Phi) is 2.70. The molecule has 18 heavy (non-hydrogen) atoms. The van der Waals surface area contributed by atoms with E-state index in [4.69, 9.17) is 5.73 Å². The predicted octanol–water partition coefficient (Wildman–Crippen LogP) is 1.68. The van der Waals surface area contributed by atoms with E-state index in [0.29, 0.717) is 18.5 Å². The van der Waals surface area contributed by atoms with Crippen LogP contribution < -0.4 is 11.1 Å². The summed E-state index contributed by atoms with van der Waals surface area (Å²) in [5, 5.41) is 3.15. The van der Waals surface area contributed by atoms with Crippen molar-refractivity contribution in [3.8, 4) is 0 Å². The topological polar surface area (TPSA) is 60.0 Å². The summed E-state index contributed by atoms with van der Waals surface area (Å²) in [4.78, 5) is 12.4. The first kappa shape index (κ1) is 11.8. The maximum absolute atomic E-state index is 12.4. The fourth-order valence-electron chi connectivity index (χ4n) is 2.62. The molecular weight excluding hydrogens is 226 g/mol. The van der Waals surface area contributed by atoms with Gasteiger partial charge in [-0.15, -0.1) is 0 Å². The smallest absolute Gasteiger partial charge is 0.268 e. The van der Waals surface area contributed by atoms with E-state index in [9.17, 15) is 4.79 Å². The van der Waals surface area contributed by atoms with Gasteiger partial charge >= 0.3 is 0 Å². The van der Waals surface area contributed by atoms with Gasteiger partial charge in [0.05, 0.1) is 5.54 Å². The largest absolute Gasteiger partial charge is 0.344 e. The molecule has 2 aliphatic rings. The molecule has 4 heteroatoms. The Balaban J connectivity index is 1.75. The Hall–Kier alpha value is -1.29. The molecule has 0 radical (unpaired) electrons. The number of aromatic nitrogens is 1. The molecule has 98 valence electrons. The van der Waals surface area contributed by atoms with Crippen molar-refractivity contribution >= 4 is 5.91 Å². The van der Waals surface area contributed by atoms with Gasteiger partial charge in [0.1, 0.15) is 5.69 Å². The lowest BCUT2D eigenvalue weighted by Gasteiger charge is -2.29. The van der Waals surface area contributed by atoms with Gasteiger partial charge in [-0.05, 0) is 50.7 Å². The second-order valence-corrected chi connectivity index (χ2v) is 5.88. The standard InChI is InChI=1S/C14H21N3O/c1-14(9-15,10-4-5-10)16-13(18)12-3-2-8-17(12)11-6-7-11/h2-3,8,10-11H,4-7,9,15H2,1H3,(H,16,18). The maximum Gasteiger partial charge on any atom is 0.268 e. The highest BCUT2D eigenvalue weighted by molar-refractivity contribution is 5.93. The van der Waals surface area contributed by atoms with Gasteiger partial charge in [-0.25, -0.2) is 0 Å². The van der Waals surface area contributed by atoms with Crippen LogP contribution in [0.25, 0.3) is 0 Å². The van der Waals surface area contributed by atoms with Gasteiger partial charge in [0.15, 0.2) is 0 Å². The Morgan fingerprint density at radius 2 is 2.22 bits per heavy atom. The summed E-state index contributed by atoms with van der Waals surface area (Å²) in [6.07, 6.45) is 6.73. The summed E-state index contributed by atoms with van der Waals surface area (Å²) in [5.41, 5.74) is 6.37. The zero-order chi connectivity index (χ0) is 12.8. The number of amides is 1. The van der Waals surface area contributed by atoms with Crippen molar-refractivity contribution in [1.29, 1.82) is 0 Å². The molecule has 0 aromatic carbocycles. The van der Waals surface area contributed by atoms with Crippen molar-refractivity contribution < 1.29 is 4.79 Å². The van der Waals surface area contributed by atoms with Gasteiger partial charge in [0.2, 0.25) is 0 Å². The maximum atomic E-state index is 12.4. The number of hydrogen-bond donors (Lipinski definition) is 2. The van der Waals surface area contributed by atoms with Crippen LogP contribution in [0.15, 0.2) is 18.3 Å². The van der Waals surface area contributed by atoms with Gasteiger partial charge in [-0.2, -0.15) is 0 Å². The highest BCUT2D eigenvalue weighted by Gasteiger charge is 2.42. The predicted molar refractivity (Wildman–Crippen MR) is 70.4 cm³/mol. The third-order valence-electron chi connectivity index (χ3n) is 4.25. The zero-order valence-corrected chi connectivity index (χ0v) is 10.9. The molecule has 3 rings (SSSR count). The molecule has 1 aromatic heterocycles. The van der Waals surface area contributed by atoms with Gasteiger partial charge in [0, 0.05) is 18.8 Å². The summed E-state index contributed by atoms with van der Waals surface area (Å²) >= 11 is 0. The van der Waals surface area contributed by atoms with E-state index in [2.05, 4.69) is 16.8 Å². The Labute approximate surface area is 108 Å². The minimum atomic E-state index is -0.240. The number of nitrogens with two attached hydrogens (primary N) is 1. The van der Waals surface area contributed by atoms with E-state index >= 15 is 0 Å². The van der Waals surface area contributed by atoms with E-state index < -0.39 is 0 Å². The summed E-state index contributed by atoms with van der Waals surface area (Å²) in [5.74, 6) is 0.572. The molecule has 1 amide bonds. The van der Waals surface area contributed by atoms with Crippen LogP contribution >= 0.6 is 0 Å². The van der Waals surface area contributed by atoms with Crippen molar-refractivity contribution in [2.24, 2.45) is 11.7 Å². The number of hydrogen-bond acceptors (Lipinski definition) is 2. The van der Waals surface area contributed by atoms with Crippen LogP contribution in [0.3, 0.4) is 0 Å². The molecule has 0 saturated heterocycles. The Morgan fingerprint density at radius 1 is 1.50 bits per heavy atom. The summed E-state index contributed by atoms with van der Waals surface area (Å²) in [7, 11) is 0. The minimum Gasteiger partial charge on any atom is -0.344 e. The van der Waals surface area contributed by atoms with Crippen LogP contribution in [0.5, 0.6) is 0 Å². The van der Waals surface area contributed by atoms with E-state index in [-0.39, 0.29) is 11.4 Å². The number of carbonyl (C=O) groups excluding carboxylic acids is 1. The SMILES string of the molecule is CC(CN)(NC(=O)c1cccn1C1CC1)C1CC1. The molecule has 2 fully saturated rings. The molecule has 1 heterocycles. The number of nitrogens with zero attached hydrogens (tertiary/aromatic N) is 1. The first-order chi connectivity index (χ1) is 8.64.